The van der Waals surface area contributed by atoms with Gasteiger partial charge in [0.25, 0.3) is 0 Å². The molecule has 0 aliphatic carbocycles. The van der Waals surface area contributed by atoms with Crippen LogP contribution in [0.3, 0.4) is 0 Å². The first kappa shape index (κ1) is 14.5. The third kappa shape index (κ3) is 3.00. The van der Waals surface area contributed by atoms with Crippen molar-refractivity contribution in [3.05, 3.63) is 47.0 Å². The number of phenols is 3. The third-order valence-electron chi connectivity index (χ3n) is 3.16. The normalized spacial score (nSPS) is 10.3. The number of carboxylic acid groups (broad SMARTS) is 1. The molecule has 0 spiro atoms. The van der Waals surface area contributed by atoms with Crippen LogP contribution in [0, 0.1) is 6.92 Å². The lowest BCUT2D eigenvalue weighted by Crippen LogP contribution is -2.03. The summed E-state index contributed by atoms with van der Waals surface area (Å²) >= 11 is 0. The number of aryl methyl sites for hydroxylation is 1. The van der Waals surface area contributed by atoms with Crippen LogP contribution in [0.4, 0.5) is 5.69 Å². The van der Waals surface area contributed by atoms with Crippen molar-refractivity contribution in [2.24, 2.45) is 0 Å². The van der Waals surface area contributed by atoms with Crippen LogP contribution in [0.2, 0.25) is 0 Å². The van der Waals surface area contributed by atoms with Crippen LogP contribution >= 0.6 is 0 Å². The summed E-state index contributed by atoms with van der Waals surface area (Å²) in [5.41, 5.74) is 2.07. The maximum atomic E-state index is 10.9. The molecule has 2 aromatic carbocycles. The van der Waals surface area contributed by atoms with Crippen molar-refractivity contribution in [2.75, 3.05) is 5.32 Å². The van der Waals surface area contributed by atoms with Crippen molar-refractivity contribution in [3.8, 4) is 17.2 Å². The average Bonchev–Trinajstić information content (AvgIpc) is 2.45. The van der Waals surface area contributed by atoms with Gasteiger partial charge in [-0.15, -0.1) is 0 Å². The minimum absolute atomic E-state index is 0.197. The Labute approximate surface area is 120 Å². The van der Waals surface area contributed by atoms with Crippen molar-refractivity contribution >= 4 is 11.7 Å². The Hall–Kier alpha value is -2.89. The first-order valence-electron chi connectivity index (χ1n) is 6.20. The van der Waals surface area contributed by atoms with Gasteiger partial charge in [0.1, 0.15) is 0 Å². The molecule has 0 aliphatic rings. The number of hydrogen-bond donors (Lipinski definition) is 5. The fourth-order valence-corrected chi connectivity index (χ4v) is 1.94. The van der Waals surface area contributed by atoms with Crippen LogP contribution in [0.25, 0.3) is 0 Å². The van der Waals surface area contributed by atoms with E-state index in [0.29, 0.717) is 11.3 Å². The van der Waals surface area contributed by atoms with Crippen LogP contribution in [-0.2, 0) is 6.54 Å². The molecular weight excluding hydrogens is 274 g/mol. The molecule has 2 rings (SSSR count). The lowest BCUT2D eigenvalue weighted by Gasteiger charge is -2.12. The minimum Gasteiger partial charge on any atom is -0.504 e. The molecule has 2 aromatic rings. The molecular formula is C15H15NO5. The maximum Gasteiger partial charge on any atom is 0.335 e. The number of phenolic OH excluding ortho intramolecular Hbond substituents is 3. The Bertz CT molecular complexity index is 697. The largest absolute Gasteiger partial charge is 0.504 e. The van der Waals surface area contributed by atoms with Gasteiger partial charge in [0.05, 0.1) is 5.56 Å². The van der Waals surface area contributed by atoms with Crippen LogP contribution < -0.4 is 5.32 Å². The predicted molar refractivity (Wildman–Crippen MR) is 76.9 cm³/mol. The number of benzene rings is 2. The molecule has 0 saturated carbocycles. The van der Waals surface area contributed by atoms with Gasteiger partial charge in [-0.2, -0.15) is 0 Å². The summed E-state index contributed by atoms with van der Waals surface area (Å²) in [6.45, 7) is 1.98. The lowest BCUT2D eigenvalue weighted by atomic mass is 10.1. The van der Waals surface area contributed by atoms with Gasteiger partial charge in [-0.1, -0.05) is 0 Å². The molecule has 0 radical (unpaired) electrons. The second-order valence-electron chi connectivity index (χ2n) is 4.63. The number of carboxylic acids is 1. The molecule has 110 valence electrons. The lowest BCUT2D eigenvalue weighted by molar-refractivity contribution is 0.0697. The molecule has 0 aromatic heterocycles. The van der Waals surface area contributed by atoms with Gasteiger partial charge >= 0.3 is 5.97 Å². The standard InChI is InChI=1S/C15H15NO5/c1-8-6-9(15(20)21)2-4-11(8)16-7-10-3-5-12(17)14(19)13(10)18/h2-6,16-19H,7H2,1H3,(H,20,21). The van der Waals surface area contributed by atoms with E-state index in [0.717, 1.165) is 5.56 Å². The summed E-state index contributed by atoms with van der Waals surface area (Å²) in [5.74, 6) is -2.33. The highest BCUT2D eigenvalue weighted by Gasteiger charge is 2.11. The van der Waals surface area contributed by atoms with E-state index >= 15 is 0 Å². The summed E-state index contributed by atoms with van der Waals surface area (Å²) in [6, 6.07) is 7.42. The van der Waals surface area contributed by atoms with Crippen molar-refractivity contribution in [1.82, 2.24) is 0 Å². The van der Waals surface area contributed by atoms with Crippen molar-refractivity contribution < 1.29 is 25.2 Å². The van der Waals surface area contributed by atoms with Crippen molar-refractivity contribution in [3.63, 3.8) is 0 Å². The number of aromatic hydroxyl groups is 3. The fraction of sp³-hybridized carbons (Fsp3) is 0.133. The van der Waals surface area contributed by atoms with E-state index in [1.54, 1.807) is 19.1 Å². The first-order chi connectivity index (χ1) is 9.90. The molecule has 0 aliphatic heterocycles. The van der Waals surface area contributed by atoms with Crippen LogP contribution in [0.1, 0.15) is 21.5 Å². The molecule has 0 unspecified atom stereocenters. The van der Waals surface area contributed by atoms with Gasteiger partial charge in [0.15, 0.2) is 11.5 Å². The summed E-state index contributed by atoms with van der Waals surface area (Å²) in [5, 5.41) is 40.3. The van der Waals surface area contributed by atoms with Gasteiger partial charge in [-0.05, 0) is 42.8 Å². The van der Waals surface area contributed by atoms with E-state index in [1.807, 2.05) is 0 Å². The third-order valence-corrected chi connectivity index (χ3v) is 3.16. The van der Waals surface area contributed by atoms with E-state index in [4.69, 9.17) is 5.11 Å². The molecule has 0 atom stereocenters. The van der Waals surface area contributed by atoms with Crippen LogP contribution in [0.5, 0.6) is 17.2 Å². The van der Waals surface area contributed by atoms with E-state index in [9.17, 15) is 20.1 Å². The Morgan fingerprint density at radius 2 is 1.81 bits per heavy atom. The molecule has 5 N–H and O–H groups in total. The SMILES string of the molecule is Cc1cc(C(=O)O)ccc1NCc1ccc(O)c(O)c1O. The summed E-state index contributed by atoms with van der Waals surface area (Å²) in [6.07, 6.45) is 0. The quantitative estimate of drug-likeness (QED) is 0.553. The topological polar surface area (TPSA) is 110 Å². The number of hydrogen-bond acceptors (Lipinski definition) is 5. The number of nitrogens with one attached hydrogen (secondary N) is 1. The summed E-state index contributed by atoms with van der Waals surface area (Å²) < 4.78 is 0. The Balaban J connectivity index is 2.17. The van der Waals surface area contributed by atoms with Gasteiger partial charge in [0, 0.05) is 17.8 Å². The predicted octanol–water partition coefficient (Wildman–Crippen LogP) is 2.42. The first-order valence-corrected chi connectivity index (χ1v) is 6.20. The van der Waals surface area contributed by atoms with E-state index in [2.05, 4.69) is 5.32 Å². The molecule has 0 saturated heterocycles. The smallest absolute Gasteiger partial charge is 0.335 e. The number of rotatable bonds is 4. The highest BCUT2D eigenvalue weighted by atomic mass is 16.4. The molecule has 6 nitrogen and oxygen atoms in total. The Morgan fingerprint density at radius 3 is 2.43 bits per heavy atom. The van der Waals surface area contributed by atoms with Crippen LogP contribution in [-0.4, -0.2) is 26.4 Å². The van der Waals surface area contributed by atoms with Crippen molar-refractivity contribution in [2.45, 2.75) is 13.5 Å². The molecule has 0 fully saturated rings. The number of anilines is 1. The Kier molecular flexibility index (Phi) is 3.89. The van der Waals surface area contributed by atoms with E-state index in [1.165, 1.54) is 18.2 Å². The second kappa shape index (κ2) is 5.62. The Morgan fingerprint density at radius 1 is 1.10 bits per heavy atom. The van der Waals surface area contributed by atoms with Gasteiger partial charge in [-0.3, -0.25) is 0 Å². The molecule has 0 amide bonds. The zero-order valence-corrected chi connectivity index (χ0v) is 11.3. The van der Waals surface area contributed by atoms with Gasteiger partial charge in [-0.25, -0.2) is 4.79 Å². The highest BCUT2D eigenvalue weighted by molar-refractivity contribution is 5.88. The van der Waals surface area contributed by atoms with E-state index in [-0.39, 0.29) is 17.9 Å². The zero-order chi connectivity index (χ0) is 15.6. The number of aromatic carboxylic acids is 1. The molecule has 6 heteroatoms. The molecule has 0 bridgehead atoms. The fourth-order valence-electron chi connectivity index (χ4n) is 1.94. The van der Waals surface area contributed by atoms with Crippen molar-refractivity contribution in [1.29, 1.82) is 0 Å². The maximum absolute atomic E-state index is 10.9. The number of carbonyl (C=O) groups is 1. The zero-order valence-electron chi connectivity index (χ0n) is 11.3. The highest BCUT2D eigenvalue weighted by Crippen LogP contribution is 2.37. The summed E-state index contributed by atoms with van der Waals surface area (Å²) in [7, 11) is 0. The molecule has 21 heavy (non-hydrogen) atoms. The minimum atomic E-state index is -0.995. The molecule has 0 heterocycles. The average molecular weight is 289 g/mol. The van der Waals surface area contributed by atoms with Gasteiger partial charge in [0.2, 0.25) is 5.75 Å². The second-order valence-corrected chi connectivity index (χ2v) is 4.63. The monoisotopic (exact) mass is 289 g/mol. The van der Waals surface area contributed by atoms with E-state index < -0.39 is 17.5 Å². The van der Waals surface area contributed by atoms with Gasteiger partial charge < -0.3 is 25.7 Å². The summed E-state index contributed by atoms with van der Waals surface area (Å²) in [4.78, 5) is 10.9. The van der Waals surface area contributed by atoms with Crippen LogP contribution in [0.15, 0.2) is 30.3 Å².